The fourth-order valence-corrected chi connectivity index (χ4v) is 2.22. The maximum Gasteiger partial charge on any atom is 0.236 e. The van der Waals surface area contributed by atoms with Crippen molar-refractivity contribution < 1.29 is 9.90 Å². The Balaban J connectivity index is 1.75. The number of para-hydroxylation sites is 1. The topological polar surface area (TPSA) is 52.6 Å². The highest BCUT2D eigenvalue weighted by atomic mass is 16.3. The van der Waals surface area contributed by atoms with Crippen LogP contribution in [0.5, 0.6) is 5.75 Å². The van der Waals surface area contributed by atoms with Gasteiger partial charge < -0.3 is 15.3 Å². The number of carbonyl (C=O) groups excluding carboxylic acids is 1. The summed E-state index contributed by atoms with van der Waals surface area (Å²) in [7, 11) is 0. The maximum atomic E-state index is 11.9. The molecule has 4 nitrogen and oxygen atoms in total. The number of aromatic hydroxyl groups is 1. The molecule has 2 N–H and O–H groups in total. The van der Waals surface area contributed by atoms with Crippen LogP contribution in [-0.4, -0.2) is 35.5 Å². The fraction of sp³-hybridized carbons (Fsp3) is 0.500. The van der Waals surface area contributed by atoms with E-state index in [1.165, 1.54) is 6.42 Å². The Hall–Kier alpha value is -1.55. The van der Waals surface area contributed by atoms with E-state index in [-0.39, 0.29) is 11.7 Å². The number of amides is 1. The van der Waals surface area contributed by atoms with Crippen LogP contribution in [0, 0.1) is 0 Å². The first-order valence-corrected chi connectivity index (χ1v) is 6.53. The van der Waals surface area contributed by atoms with Crippen LogP contribution in [0.25, 0.3) is 0 Å². The molecule has 4 heteroatoms. The number of rotatable bonds is 4. The van der Waals surface area contributed by atoms with Crippen molar-refractivity contribution in [1.29, 1.82) is 0 Å². The number of hydrogen-bond donors (Lipinski definition) is 2. The van der Waals surface area contributed by atoms with Crippen LogP contribution in [0.4, 0.5) is 0 Å². The van der Waals surface area contributed by atoms with Crippen LogP contribution < -0.4 is 5.32 Å². The number of piperidine rings is 1. The zero-order valence-electron chi connectivity index (χ0n) is 10.6. The zero-order valence-corrected chi connectivity index (χ0v) is 10.6. The van der Waals surface area contributed by atoms with Gasteiger partial charge in [0.25, 0.3) is 0 Å². The van der Waals surface area contributed by atoms with Crippen LogP contribution >= 0.6 is 0 Å². The van der Waals surface area contributed by atoms with Gasteiger partial charge in [-0.05, 0) is 25.3 Å². The second-order valence-electron chi connectivity index (χ2n) is 4.67. The lowest BCUT2D eigenvalue weighted by Gasteiger charge is -2.26. The molecule has 0 atom stereocenters. The van der Waals surface area contributed by atoms with Crippen molar-refractivity contribution >= 4 is 5.91 Å². The van der Waals surface area contributed by atoms with Crippen molar-refractivity contribution in [3.63, 3.8) is 0 Å². The van der Waals surface area contributed by atoms with Gasteiger partial charge in [0.2, 0.25) is 5.91 Å². The van der Waals surface area contributed by atoms with Crippen LogP contribution in [0.2, 0.25) is 0 Å². The summed E-state index contributed by atoms with van der Waals surface area (Å²) in [6.45, 7) is 2.63. The summed E-state index contributed by atoms with van der Waals surface area (Å²) >= 11 is 0. The van der Waals surface area contributed by atoms with E-state index in [2.05, 4.69) is 5.32 Å². The Morgan fingerprint density at radius 3 is 2.67 bits per heavy atom. The molecule has 2 rings (SSSR count). The van der Waals surface area contributed by atoms with E-state index in [9.17, 15) is 9.90 Å². The predicted molar refractivity (Wildman–Crippen MR) is 70.2 cm³/mol. The summed E-state index contributed by atoms with van der Waals surface area (Å²) < 4.78 is 0. The lowest BCUT2D eigenvalue weighted by Crippen LogP contribution is -2.40. The SMILES string of the molecule is O=C(CNCc1ccccc1O)N1CCCCC1. The van der Waals surface area contributed by atoms with Crippen molar-refractivity contribution in [1.82, 2.24) is 10.2 Å². The molecule has 1 aromatic carbocycles. The second kappa shape index (κ2) is 6.40. The van der Waals surface area contributed by atoms with Gasteiger partial charge >= 0.3 is 0 Å². The molecule has 0 radical (unpaired) electrons. The van der Waals surface area contributed by atoms with Gasteiger partial charge in [0.05, 0.1) is 6.54 Å². The van der Waals surface area contributed by atoms with Crippen LogP contribution in [-0.2, 0) is 11.3 Å². The van der Waals surface area contributed by atoms with Crippen LogP contribution in [0.15, 0.2) is 24.3 Å². The van der Waals surface area contributed by atoms with Crippen molar-refractivity contribution in [2.45, 2.75) is 25.8 Å². The first-order chi connectivity index (χ1) is 8.77. The molecule has 1 aliphatic rings. The number of phenols is 1. The van der Waals surface area contributed by atoms with E-state index >= 15 is 0 Å². The number of nitrogens with zero attached hydrogens (tertiary/aromatic N) is 1. The third kappa shape index (κ3) is 3.47. The summed E-state index contributed by atoms with van der Waals surface area (Å²) in [6, 6.07) is 7.18. The molecule has 0 saturated carbocycles. The molecule has 1 aromatic rings. The first-order valence-electron chi connectivity index (χ1n) is 6.53. The average Bonchev–Trinajstić information content (AvgIpc) is 2.42. The standard InChI is InChI=1S/C14H20N2O2/c17-13-7-3-2-6-12(13)10-15-11-14(18)16-8-4-1-5-9-16/h2-3,6-7,15,17H,1,4-5,8-11H2. The Labute approximate surface area is 108 Å². The van der Waals surface area contributed by atoms with E-state index in [4.69, 9.17) is 0 Å². The van der Waals surface area contributed by atoms with Gasteiger partial charge in [0.15, 0.2) is 0 Å². The molecular weight excluding hydrogens is 228 g/mol. The fourth-order valence-electron chi connectivity index (χ4n) is 2.22. The van der Waals surface area contributed by atoms with Gasteiger partial charge in [-0.3, -0.25) is 4.79 Å². The minimum atomic E-state index is 0.158. The van der Waals surface area contributed by atoms with Crippen molar-refractivity contribution in [2.24, 2.45) is 0 Å². The summed E-state index contributed by atoms with van der Waals surface area (Å²) in [5, 5.41) is 12.7. The molecule has 1 heterocycles. The number of phenolic OH excluding ortho intramolecular Hbond substituents is 1. The largest absolute Gasteiger partial charge is 0.508 e. The Morgan fingerprint density at radius 2 is 1.94 bits per heavy atom. The molecule has 0 unspecified atom stereocenters. The summed E-state index contributed by atoms with van der Waals surface area (Å²) in [5.74, 6) is 0.431. The number of hydrogen-bond acceptors (Lipinski definition) is 3. The molecule has 0 aromatic heterocycles. The van der Waals surface area contributed by atoms with E-state index in [1.54, 1.807) is 12.1 Å². The van der Waals surface area contributed by atoms with Crippen molar-refractivity contribution in [3.05, 3.63) is 29.8 Å². The van der Waals surface area contributed by atoms with Gasteiger partial charge in [-0.2, -0.15) is 0 Å². The van der Waals surface area contributed by atoms with Crippen LogP contribution in [0.1, 0.15) is 24.8 Å². The zero-order chi connectivity index (χ0) is 12.8. The van der Waals surface area contributed by atoms with E-state index in [0.717, 1.165) is 31.5 Å². The van der Waals surface area contributed by atoms with Crippen molar-refractivity contribution in [2.75, 3.05) is 19.6 Å². The average molecular weight is 248 g/mol. The van der Waals surface area contributed by atoms with Gasteiger partial charge in [-0.15, -0.1) is 0 Å². The molecule has 98 valence electrons. The molecule has 0 spiro atoms. The molecular formula is C14H20N2O2. The van der Waals surface area contributed by atoms with E-state index in [1.807, 2.05) is 17.0 Å². The number of nitrogens with one attached hydrogen (secondary N) is 1. The highest BCUT2D eigenvalue weighted by Crippen LogP contribution is 2.14. The van der Waals surface area contributed by atoms with Crippen molar-refractivity contribution in [3.8, 4) is 5.75 Å². The molecule has 18 heavy (non-hydrogen) atoms. The lowest BCUT2D eigenvalue weighted by molar-refractivity contribution is -0.131. The Morgan fingerprint density at radius 1 is 1.22 bits per heavy atom. The van der Waals surface area contributed by atoms with Gasteiger partial charge in [0, 0.05) is 25.2 Å². The van der Waals surface area contributed by atoms with E-state index in [0.29, 0.717) is 13.1 Å². The third-order valence-electron chi connectivity index (χ3n) is 3.29. The molecule has 1 saturated heterocycles. The van der Waals surface area contributed by atoms with Gasteiger partial charge in [-0.1, -0.05) is 18.2 Å². The van der Waals surface area contributed by atoms with E-state index < -0.39 is 0 Å². The number of likely N-dealkylation sites (tertiary alicyclic amines) is 1. The Bertz CT molecular complexity index is 401. The maximum absolute atomic E-state index is 11.9. The monoisotopic (exact) mass is 248 g/mol. The minimum absolute atomic E-state index is 0.158. The number of carbonyl (C=O) groups is 1. The molecule has 0 aliphatic carbocycles. The minimum Gasteiger partial charge on any atom is -0.508 e. The highest BCUT2D eigenvalue weighted by molar-refractivity contribution is 5.78. The third-order valence-corrected chi connectivity index (χ3v) is 3.29. The number of benzene rings is 1. The molecule has 1 fully saturated rings. The smallest absolute Gasteiger partial charge is 0.236 e. The van der Waals surface area contributed by atoms with Gasteiger partial charge in [0.1, 0.15) is 5.75 Å². The van der Waals surface area contributed by atoms with Crippen LogP contribution in [0.3, 0.4) is 0 Å². The highest BCUT2D eigenvalue weighted by Gasteiger charge is 2.15. The normalized spacial score (nSPS) is 15.7. The van der Waals surface area contributed by atoms with Gasteiger partial charge in [-0.25, -0.2) is 0 Å². The summed E-state index contributed by atoms with van der Waals surface area (Å²) in [5.41, 5.74) is 0.823. The lowest BCUT2D eigenvalue weighted by atomic mass is 10.1. The summed E-state index contributed by atoms with van der Waals surface area (Å²) in [4.78, 5) is 13.8. The molecule has 1 amide bonds. The summed E-state index contributed by atoms with van der Waals surface area (Å²) in [6.07, 6.45) is 3.46. The second-order valence-corrected chi connectivity index (χ2v) is 4.67. The first kappa shape index (κ1) is 12.9. The predicted octanol–water partition coefficient (Wildman–Crippen LogP) is 1.49. The quantitative estimate of drug-likeness (QED) is 0.849. The molecule has 1 aliphatic heterocycles. The Kier molecular flexibility index (Phi) is 4.59. The molecule has 0 bridgehead atoms.